The van der Waals surface area contributed by atoms with E-state index < -0.39 is 93.8 Å². The van der Waals surface area contributed by atoms with E-state index in [1.54, 1.807) is 60.7 Å². The van der Waals surface area contributed by atoms with Gasteiger partial charge in [-0.05, 0) is 71.2 Å². The molecule has 2 aliphatic rings. The van der Waals surface area contributed by atoms with E-state index >= 15 is 0 Å². The third-order valence-electron chi connectivity index (χ3n) is 11.3. The fourth-order valence-corrected chi connectivity index (χ4v) is 8.53. The van der Waals surface area contributed by atoms with Crippen molar-refractivity contribution in [3.63, 3.8) is 0 Å². The minimum atomic E-state index is -1.27. The molecule has 2 aliphatic heterocycles. The Morgan fingerprint density at radius 2 is 0.951 bits per heavy atom. The molecule has 0 saturated carbocycles. The van der Waals surface area contributed by atoms with Gasteiger partial charge in [-0.3, -0.25) is 40.5 Å². The Morgan fingerprint density at radius 1 is 0.607 bits per heavy atom. The Balaban J connectivity index is 1.19. The maximum absolute atomic E-state index is 14.2. The summed E-state index contributed by atoms with van der Waals surface area (Å²) in [6.07, 6.45) is -1.18. The van der Waals surface area contributed by atoms with Gasteiger partial charge in [0.15, 0.2) is 0 Å². The third kappa shape index (κ3) is 11.0. The van der Waals surface area contributed by atoms with Crippen LogP contribution in [-0.2, 0) is 18.9 Å². The van der Waals surface area contributed by atoms with Crippen molar-refractivity contribution >= 4 is 19.5 Å². The zero-order chi connectivity index (χ0) is 43.8. The summed E-state index contributed by atoms with van der Waals surface area (Å²) >= 11 is 0. The molecule has 4 aromatic rings. The second kappa shape index (κ2) is 20.3. The summed E-state index contributed by atoms with van der Waals surface area (Å²) in [7, 11) is -0.386. The Kier molecular flexibility index (Phi) is 14.9. The lowest BCUT2D eigenvalue weighted by atomic mass is 9.85. The average Bonchev–Trinajstić information content (AvgIpc) is 3.83. The number of halogens is 2. The number of nitrogens with zero attached hydrogens (tertiary/aromatic N) is 2. The van der Waals surface area contributed by atoms with Gasteiger partial charge < -0.3 is 19.9 Å². The fraction of sp³-hybridized carbons (Fsp3) is 0.409. The Bertz CT molecular complexity index is 1960. The summed E-state index contributed by atoms with van der Waals surface area (Å²) < 4.78 is 40.3. The van der Waals surface area contributed by atoms with Crippen molar-refractivity contribution in [1.82, 2.24) is 21.3 Å². The first-order chi connectivity index (χ1) is 29.2. The minimum Gasteiger partial charge on any atom is -0.393 e. The molecule has 10 unspecified atom stereocenters. The number of nitrogens with one attached hydrogen (secondary N) is 4. The lowest BCUT2D eigenvalue weighted by Crippen LogP contribution is -2.51. The zero-order valence-corrected chi connectivity index (χ0v) is 34.4. The number of carbonyl (C=O) groups excluding carboxylic acids is 2. The van der Waals surface area contributed by atoms with Gasteiger partial charge in [0.2, 0.25) is 23.9 Å². The molecule has 2 fully saturated rings. The van der Waals surface area contributed by atoms with Crippen LogP contribution in [0.15, 0.2) is 109 Å². The first-order valence-corrected chi connectivity index (χ1v) is 20.5. The highest BCUT2D eigenvalue weighted by Crippen LogP contribution is 2.42. The van der Waals surface area contributed by atoms with Gasteiger partial charge in [-0.15, -0.1) is 0 Å². The molecule has 2 heterocycles. The van der Waals surface area contributed by atoms with Crippen LogP contribution in [-0.4, -0.2) is 66.0 Å². The summed E-state index contributed by atoms with van der Waals surface area (Å²) in [6, 6.07) is 21.8. The second-order valence-electron chi connectivity index (χ2n) is 16.5. The number of benzene rings is 4. The van der Waals surface area contributed by atoms with Crippen LogP contribution < -0.4 is 21.3 Å². The predicted molar refractivity (Wildman–Crippen MR) is 224 cm³/mol. The molecule has 0 bridgehead atoms. The maximum Gasteiger partial charge on any atom is 0.441 e. The normalized spacial score (nSPS) is 24.6. The molecule has 0 spiro atoms. The molecule has 61 heavy (non-hydrogen) atoms. The highest BCUT2D eigenvalue weighted by Gasteiger charge is 2.56. The van der Waals surface area contributed by atoms with Crippen molar-refractivity contribution in [1.29, 1.82) is 0 Å². The first-order valence-electron chi connectivity index (χ1n) is 20.5. The molecule has 2 saturated heterocycles. The van der Waals surface area contributed by atoms with Gasteiger partial charge in [0.1, 0.15) is 48.3 Å². The minimum absolute atomic E-state index is 0.0217. The van der Waals surface area contributed by atoms with Crippen LogP contribution in [0.25, 0.3) is 0 Å². The smallest absolute Gasteiger partial charge is 0.393 e. The van der Waals surface area contributed by atoms with E-state index in [1.165, 1.54) is 48.5 Å². The summed E-state index contributed by atoms with van der Waals surface area (Å²) in [4.78, 5) is 53.0. The summed E-state index contributed by atoms with van der Waals surface area (Å²) in [5, 5.41) is 37.6. The topological polar surface area (TPSA) is 187 Å². The molecule has 4 aromatic carbocycles. The Hall–Kier alpha value is -5.62. The monoisotopic (exact) mass is 840 g/mol. The SMILES string of the molecule is CC(C)CC(NC(=O)C1NC(c2ccccc2)C([N+](=O)[O-])C1c1ccc(F)cc1)OBOC(CC(C)C)NC(=O)C1NC(c2ccccc2)C([N+](=O)[O-])C1c1ccc(F)cc1. The molecule has 322 valence electrons. The van der Waals surface area contributed by atoms with Crippen molar-refractivity contribution in [3.8, 4) is 0 Å². The van der Waals surface area contributed by atoms with Crippen LogP contribution in [0.1, 0.15) is 86.7 Å². The third-order valence-corrected chi connectivity index (χ3v) is 11.3. The van der Waals surface area contributed by atoms with E-state index in [4.69, 9.17) is 9.31 Å². The molecule has 0 aliphatic carbocycles. The second-order valence-corrected chi connectivity index (χ2v) is 16.5. The maximum atomic E-state index is 14.2. The van der Waals surface area contributed by atoms with E-state index in [1.807, 2.05) is 27.7 Å². The van der Waals surface area contributed by atoms with Crippen LogP contribution in [0.3, 0.4) is 0 Å². The van der Waals surface area contributed by atoms with Crippen molar-refractivity contribution in [3.05, 3.63) is 163 Å². The highest BCUT2D eigenvalue weighted by molar-refractivity contribution is 6.18. The number of carbonyl (C=O) groups is 2. The van der Waals surface area contributed by atoms with E-state index in [2.05, 4.69) is 21.3 Å². The van der Waals surface area contributed by atoms with Gasteiger partial charge in [-0.2, -0.15) is 0 Å². The molecular weight excluding hydrogens is 789 g/mol. The van der Waals surface area contributed by atoms with Crippen LogP contribution in [0.2, 0.25) is 0 Å². The zero-order valence-electron chi connectivity index (χ0n) is 34.4. The molecule has 4 N–H and O–H groups in total. The molecule has 10 atom stereocenters. The molecule has 6 rings (SSSR count). The van der Waals surface area contributed by atoms with Crippen molar-refractivity contribution < 1.29 is 37.5 Å². The number of rotatable bonds is 18. The van der Waals surface area contributed by atoms with Crippen LogP contribution in [0.4, 0.5) is 8.78 Å². The standard InChI is InChI=1S/C44H51BF2N6O8/c1-25(2)23-33(48-43(54)39-35(27-15-19-31(46)20-16-27)41(52(56)57)37(50-39)29-11-7-5-8-12-29)60-45-61-34(24-26(3)4)49-44(55)40-36(28-17-21-32(47)22-18-28)42(53(58)59)38(51-40)30-13-9-6-10-14-30/h5-22,25-26,33-42,45,50-51H,23-24H2,1-4H3,(H,48,54)(H,49,55). The fourth-order valence-electron chi connectivity index (χ4n) is 8.53. The number of amides is 2. The van der Waals surface area contributed by atoms with Crippen molar-refractivity contribution in [2.24, 2.45) is 11.8 Å². The van der Waals surface area contributed by atoms with Gasteiger partial charge in [-0.1, -0.05) is 113 Å². The number of hydrogen-bond donors (Lipinski definition) is 4. The average molecular weight is 841 g/mol. The summed E-state index contributed by atoms with van der Waals surface area (Å²) in [5.74, 6) is -4.07. The van der Waals surface area contributed by atoms with E-state index in [9.17, 15) is 38.6 Å². The number of hydrogen-bond acceptors (Lipinski definition) is 10. The van der Waals surface area contributed by atoms with Crippen LogP contribution in [0.5, 0.6) is 0 Å². The van der Waals surface area contributed by atoms with E-state index in [-0.39, 0.29) is 19.5 Å². The molecule has 2 amide bonds. The van der Waals surface area contributed by atoms with Crippen molar-refractivity contribution in [2.45, 2.75) is 101 Å². The molecule has 17 heteroatoms. The van der Waals surface area contributed by atoms with E-state index in [0.29, 0.717) is 35.1 Å². The van der Waals surface area contributed by atoms with Crippen LogP contribution in [0, 0.1) is 43.7 Å². The predicted octanol–water partition coefficient (Wildman–Crippen LogP) is 5.83. The summed E-state index contributed by atoms with van der Waals surface area (Å²) in [6.45, 7) is 7.73. The summed E-state index contributed by atoms with van der Waals surface area (Å²) in [5.41, 5.74) is 2.08. The van der Waals surface area contributed by atoms with Gasteiger partial charge in [-0.25, -0.2) is 8.78 Å². The Labute approximate surface area is 353 Å². The van der Waals surface area contributed by atoms with Crippen molar-refractivity contribution in [2.75, 3.05) is 0 Å². The largest absolute Gasteiger partial charge is 0.441 e. The number of nitro groups is 2. The lowest BCUT2D eigenvalue weighted by Gasteiger charge is -2.28. The Morgan fingerprint density at radius 3 is 1.26 bits per heavy atom. The van der Waals surface area contributed by atoms with Gasteiger partial charge in [0.05, 0.1) is 11.8 Å². The van der Waals surface area contributed by atoms with Gasteiger partial charge >= 0.3 is 7.69 Å². The first kappa shape index (κ1) is 44.9. The van der Waals surface area contributed by atoms with Gasteiger partial charge in [0.25, 0.3) is 0 Å². The molecule has 0 radical (unpaired) electrons. The van der Waals surface area contributed by atoms with Crippen LogP contribution >= 0.6 is 0 Å². The molecule has 0 aromatic heterocycles. The molecule has 14 nitrogen and oxygen atoms in total. The quantitative estimate of drug-likeness (QED) is 0.0412. The lowest BCUT2D eigenvalue weighted by molar-refractivity contribution is -0.527. The highest BCUT2D eigenvalue weighted by atomic mass is 19.1. The van der Waals surface area contributed by atoms with Gasteiger partial charge in [0, 0.05) is 9.85 Å². The van der Waals surface area contributed by atoms with E-state index in [0.717, 1.165) is 0 Å². The molecular formula is C44H51BF2N6O8.